The molecule has 1 aromatic heterocycles. The van der Waals surface area contributed by atoms with Crippen LogP contribution < -0.4 is 0 Å². The quantitative estimate of drug-likeness (QED) is 0.831. The van der Waals surface area contributed by atoms with Crippen LogP contribution >= 0.6 is 0 Å². The summed E-state index contributed by atoms with van der Waals surface area (Å²) in [4.78, 5) is 6.90. The molecule has 0 aliphatic carbocycles. The van der Waals surface area contributed by atoms with Crippen molar-refractivity contribution in [2.45, 2.75) is 25.8 Å². The number of likely N-dealkylation sites (tertiary alicyclic amines) is 1. The van der Waals surface area contributed by atoms with E-state index in [2.05, 4.69) is 22.0 Å². The van der Waals surface area contributed by atoms with Crippen LogP contribution in [0.3, 0.4) is 0 Å². The Kier molecular flexibility index (Phi) is 3.11. The van der Waals surface area contributed by atoms with E-state index in [-0.39, 0.29) is 6.04 Å². The summed E-state index contributed by atoms with van der Waals surface area (Å²) in [5.74, 6) is 1.40. The number of hydrogen-bond donors (Lipinski definition) is 0. The third-order valence-electron chi connectivity index (χ3n) is 3.52. The van der Waals surface area contributed by atoms with Crippen LogP contribution in [-0.4, -0.2) is 28.1 Å². The number of hydrogen-bond acceptors (Lipinski definition) is 4. The molecule has 18 heavy (non-hydrogen) atoms. The van der Waals surface area contributed by atoms with Crippen molar-refractivity contribution in [1.29, 1.82) is 0 Å². The molecule has 0 saturated carbocycles. The highest BCUT2D eigenvalue weighted by atomic mass is 16.5. The van der Waals surface area contributed by atoms with Crippen molar-refractivity contribution in [3.05, 3.63) is 36.2 Å². The molecule has 0 unspecified atom stereocenters. The van der Waals surface area contributed by atoms with E-state index >= 15 is 0 Å². The van der Waals surface area contributed by atoms with E-state index in [1.54, 1.807) is 0 Å². The Balaban J connectivity index is 1.81. The van der Waals surface area contributed by atoms with E-state index in [1.165, 1.54) is 12.8 Å². The largest absolute Gasteiger partial charge is 0.337 e. The Labute approximate surface area is 107 Å². The van der Waals surface area contributed by atoms with Crippen LogP contribution in [-0.2, 0) is 0 Å². The normalized spacial score (nSPS) is 18.1. The molecule has 0 spiro atoms. The van der Waals surface area contributed by atoms with Crippen molar-refractivity contribution in [3.63, 3.8) is 0 Å². The van der Waals surface area contributed by atoms with E-state index in [9.17, 15) is 0 Å². The van der Waals surface area contributed by atoms with E-state index in [1.807, 2.05) is 30.3 Å². The maximum absolute atomic E-state index is 5.39. The number of aromatic nitrogens is 2. The van der Waals surface area contributed by atoms with Gasteiger partial charge in [0.1, 0.15) is 0 Å². The zero-order chi connectivity index (χ0) is 12.4. The third kappa shape index (κ3) is 2.16. The third-order valence-corrected chi connectivity index (χ3v) is 3.52. The smallest absolute Gasteiger partial charge is 0.244 e. The fourth-order valence-electron chi connectivity index (χ4n) is 2.39. The molecule has 1 fully saturated rings. The summed E-state index contributed by atoms with van der Waals surface area (Å²) < 4.78 is 5.39. The molecular formula is C14H17N3O. The second-order valence-corrected chi connectivity index (χ2v) is 4.74. The van der Waals surface area contributed by atoms with Crippen LogP contribution in [0.4, 0.5) is 0 Å². The van der Waals surface area contributed by atoms with Crippen LogP contribution in [0.25, 0.3) is 11.4 Å². The standard InChI is InChI=1S/C14H17N3O/c1-11(17-9-5-6-10-17)14-15-13(16-18-14)12-7-3-2-4-8-12/h2-4,7-8,11H,5-6,9-10H2,1H3/t11-/m0/s1. The number of rotatable bonds is 3. The Morgan fingerprint density at radius 1 is 1.17 bits per heavy atom. The van der Waals surface area contributed by atoms with E-state index in [0.29, 0.717) is 5.82 Å². The Hall–Kier alpha value is -1.68. The summed E-state index contributed by atoms with van der Waals surface area (Å²) in [6.45, 7) is 4.39. The van der Waals surface area contributed by atoms with Gasteiger partial charge in [-0.3, -0.25) is 4.90 Å². The first-order valence-electron chi connectivity index (χ1n) is 6.47. The van der Waals surface area contributed by atoms with Crippen molar-refractivity contribution in [2.24, 2.45) is 0 Å². The fourth-order valence-corrected chi connectivity index (χ4v) is 2.39. The van der Waals surface area contributed by atoms with Gasteiger partial charge in [0.2, 0.25) is 11.7 Å². The van der Waals surface area contributed by atoms with Gasteiger partial charge in [-0.25, -0.2) is 0 Å². The molecule has 0 bridgehead atoms. The minimum absolute atomic E-state index is 0.220. The lowest BCUT2D eigenvalue weighted by atomic mass is 10.2. The number of nitrogens with zero attached hydrogens (tertiary/aromatic N) is 3. The summed E-state index contributed by atoms with van der Waals surface area (Å²) in [6, 6.07) is 10.2. The van der Waals surface area contributed by atoms with E-state index < -0.39 is 0 Å². The van der Waals surface area contributed by atoms with Gasteiger partial charge in [-0.15, -0.1) is 0 Å². The maximum atomic E-state index is 5.39. The zero-order valence-corrected chi connectivity index (χ0v) is 10.5. The molecule has 2 aromatic rings. The molecule has 3 rings (SSSR count). The monoisotopic (exact) mass is 243 g/mol. The lowest BCUT2D eigenvalue weighted by Gasteiger charge is -2.19. The van der Waals surface area contributed by atoms with E-state index in [4.69, 9.17) is 4.52 Å². The summed E-state index contributed by atoms with van der Waals surface area (Å²) in [5.41, 5.74) is 1.00. The van der Waals surface area contributed by atoms with Crippen molar-refractivity contribution in [2.75, 3.05) is 13.1 Å². The predicted molar refractivity (Wildman–Crippen MR) is 69.0 cm³/mol. The highest BCUT2D eigenvalue weighted by molar-refractivity contribution is 5.53. The van der Waals surface area contributed by atoms with Gasteiger partial charge in [-0.2, -0.15) is 4.98 Å². The average molecular weight is 243 g/mol. The van der Waals surface area contributed by atoms with Gasteiger partial charge < -0.3 is 4.52 Å². The molecular weight excluding hydrogens is 226 g/mol. The SMILES string of the molecule is C[C@@H](c1nc(-c2ccccc2)no1)N1CCCC1. The summed E-state index contributed by atoms with van der Waals surface area (Å²) in [5, 5.41) is 4.07. The van der Waals surface area contributed by atoms with Gasteiger partial charge in [-0.05, 0) is 32.9 Å². The molecule has 1 aromatic carbocycles. The summed E-state index contributed by atoms with van der Waals surface area (Å²) in [7, 11) is 0. The maximum Gasteiger partial charge on any atom is 0.244 e. The first-order chi connectivity index (χ1) is 8.84. The van der Waals surface area contributed by atoms with Gasteiger partial charge in [0, 0.05) is 5.56 Å². The zero-order valence-electron chi connectivity index (χ0n) is 10.5. The van der Waals surface area contributed by atoms with Gasteiger partial charge >= 0.3 is 0 Å². The topological polar surface area (TPSA) is 42.2 Å². The molecule has 0 N–H and O–H groups in total. The lowest BCUT2D eigenvalue weighted by Crippen LogP contribution is -2.23. The molecule has 1 saturated heterocycles. The van der Waals surface area contributed by atoms with Gasteiger partial charge in [0.05, 0.1) is 6.04 Å². The minimum atomic E-state index is 0.220. The Morgan fingerprint density at radius 3 is 2.61 bits per heavy atom. The first-order valence-corrected chi connectivity index (χ1v) is 6.47. The molecule has 0 radical (unpaired) electrons. The second kappa shape index (κ2) is 4.90. The summed E-state index contributed by atoms with van der Waals surface area (Å²) in [6.07, 6.45) is 2.54. The van der Waals surface area contributed by atoms with Gasteiger partial charge in [0.15, 0.2) is 0 Å². The van der Waals surface area contributed by atoms with E-state index in [0.717, 1.165) is 24.5 Å². The highest BCUT2D eigenvalue weighted by Crippen LogP contribution is 2.25. The van der Waals surface area contributed by atoms with Crippen LogP contribution in [0.15, 0.2) is 34.9 Å². The molecule has 1 aliphatic rings. The van der Waals surface area contributed by atoms with Crippen molar-refractivity contribution >= 4 is 0 Å². The van der Waals surface area contributed by atoms with Crippen LogP contribution in [0, 0.1) is 0 Å². The molecule has 2 heterocycles. The summed E-state index contributed by atoms with van der Waals surface area (Å²) >= 11 is 0. The molecule has 4 heteroatoms. The van der Waals surface area contributed by atoms with Crippen molar-refractivity contribution in [3.8, 4) is 11.4 Å². The molecule has 1 atom stereocenters. The predicted octanol–water partition coefficient (Wildman–Crippen LogP) is 2.89. The molecule has 0 amide bonds. The number of benzene rings is 1. The lowest BCUT2D eigenvalue weighted by molar-refractivity contribution is 0.209. The minimum Gasteiger partial charge on any atom is -0.337 e. The fraction of sp³-hybridized carbons (Fsp3) is 0.429. The first kappa shape index (κ1) is 11.4. The second-order valence-electron chi connectivity index (χ2n) is 4.74. The van der Waals surface area contributed by atoms with Gasteiger partial charge in [-0.1, -0.05) is 35.5 Å². The van der Waals surface area contributed by atoms with Crippen molar-refractivity contribution < 1.29 is 4.52 Å². The van der Waals surface area contributed by atoms with Crippen LogP contribution in [0.2, 0.25) is 0 Å². The van der Waals surface area contributed by atoms with Crippen LogP contribution in [0.1, 0.15) is 31.7 Å². The molecule has 4 nitrogen and oxygen atoms in total. The van der Waals surface area contributed by atoms with Crippen molar-refractivity contribution in [1.82, 2.24) is 15.0 Å². The highest BCUT2D eigenvalue weighted by Gasteiger charge is 2.24. The molecule has 1 aliphatic heterocycles. The van der Waals surface area contributed by atoms with Crippen LogP contribution in [0.5, 0.6) is 0 Å². The van der Waals surface area contributed by atoms with Gasteiger partial charge in [0.25, 0.3) is 0 Å². The molecule has 94 valence electrons. The Bertz CT molecular complexity index is 503. The average Bonchev–Trinajstić information content (AvgIpc) is 3.10. The Morgan fingerprint density at radius 2 is 1.89 bits per heavy atom.